The Bertz CT molecular complexity index is 662. The van der Waals surface area contributed by atoms with Crippen molar-refractivity contribution in [1.82, 2.24) is 14.8 Å². The van der Waals surface area contributed by atoms with Crippen LogP contribution in [-0.2, 0) is 4.79 Å². The number of carbonyl (C=O) groups is 1. The lowest BCUT2D eigenvalue weighted by Gasteiger charge is -2.05. The monoisotopic (exact) mass is 261 g/mol. The SMILES string of the molecule is Cc1nc(C)n(-c2ccc(/C=C/C(=O)O)cc2F)n1. The zero-order valence-corrected chi connectivity index (χ0v) is 10.5. The number of carboxylic acids is 1. The summed E-state index contributed by atoms with van der Waals surface area (Å²) in [4.78, 5) is 14.5. The normalized spacial score (nSPS) is 11.1. The molecule has 0 aliphatic heterocycles. The average Bonchev–Trinajstić information content (AvgIpc) is 2.66. The van der Waals surface area contributed by atoms with E-state index in [0.717, 1.165) is 6.08 Å². The topological polar surface area (TPSA) is 68.0 Å². The van der Waals surface area contributed by atoms with Crippen molar-refractivity contribution >= 4 is 12.0 Å². The van der Waals surface area contributed by atoms with Gasteiger partial charge in [0.1, 0.15) is 23.2 Å². The van der Waals surface area contributed by atoms with Crippen molar-refractivity contribution in [3.63, 3.8) is 0 Å². The van der Waals surface area contributed by atoms with Crippen molar-refractivity contribution in [2.24, 2.45) is 0 Å². The van der Waals surface area contributed by atoms with Gasteiger partial charge in [0.15, 0.2) is 0 Å². The highest BCUT2D eigenvalue weighted by atomic mass is 19.1. The van der Waals surface area contributed by atoms with E-state index in [2.05, 4.69) is 10.1 Å². The second-order valence-corrected chi connectivity index (χ2v) is 4.00. The van der Waals surface area contributed by atoms with Crippen molar-refractivity contribution in [3.05, 3.63) is 47.3 Å². The smallest absolute Gasteiger partial charge is 0.328 e. The van der Waals surface area contributed by atoms with Crippen LogP contribution in [0.25, 0.3) is 11.8 Å². The molecule has 0 saturated heterocycles. The van der Waals surface area contributed by atoms with Gasteiger partial charge in [-0.1, -0.05) is 6.07 Å². The number of nitrogens with zero attached hydrogens (tertiary/aromatic N) is 3. The van der Waals surface area contributed by atoms with Crippen LogP contribution in [0.2, 0.25) is 0 Å². The number of benzene rings is 1. The average molecular weight is 261 g/mol. The molecule has 0 atom stereocenters. The van der Waals surface area contributed by atoms with E-state index in [0.29, 0.717) is 17.2 Å². The fourth-order valence-corrected chi connectivity index (χ4v) is 1.72. The third kappa shape index (κ3) is 2.85. The van der Waals surface area contributed by atoms with Crippen molar-refractivity contribution in [1.29, 1.82) is 0 Å². The van der Waals surface area contributed by atoms with E-state index in [1.807, 2.05) is 0 Å². The van der Waals surface area contributed by atoms with Gasteiger partial charge in [0, 0.05) is 6.08 Å². The van der Waals surface area contributed by atoms with Crippen LogP contribution in [0.3, 0.4) is 0 Å². The van der Waals surface area contributed by atoms with Crippen molar-refractivity contribution in [2.45, 2.75) is 13.8 Å². The Balaban J connectivity index is 2.40. The lowest BCUT2D eigenvalue weighted by atomic mass is 10.2. The molecule has 0 amide bonds. The third-order valence-electron chi connectivity index (χ3n) is 2.49. The first-order chi connectivity index (χ1) is 8.97. The summed E-state index contributed by atoms with van der Waals surface area (Å²) in [5, 5.41) is 12.6. The van der Waals surface area contributed by atoms with E-state index in [-0.39, 0.29) is 5.69 Å². The first kappa shape index (κ1) is 12.9. The van der Waals surface area contributed by atoms with Crippen LogP contribution >= 0.6 is 0 Å². The quantitative estimate of drug-likeness (QED) is 0.859. The number of aromatic nitrogens is 3. The molecule has 1 N–H and O–H groups in total. The minimum absolute atomic E-state index is 0.283. The molecule has 2 rings (SSSR count). The molecule has 0 aliphatic rings. The molecule has 2 aromatic rings. The van der Waals surface area contributed by atoms with Gasteiger partial charge in [-0.25, -0.2) is 18.9 Å². The van der Waals surface area contributed by atoms with E-state index >= 15 is 0 Å². The van der Waals surface area contributed by atoms with Gasteiger partial charge in [0.05, 0.1) is 0 Å². The Morgan fingerprint density at radius 3 is 2.68 bits per heavy atom. The lowest BCUT2D eigenvalue weighted by Crippen LogP contribution is -2.02. The van der Waals surface area contributed by atoms with Crippen LogP contribution in [0.15, 0.2) is 24.3 Å². The molecule has 0 spiro atoms. The number of hydrogen-bond donors (Lipinski definition) is 1. The first-order valence-electron chi connectivity index (χ1n) is 5.58. The van der Waals surface area contributed by atoms with E-state index < -0.39 is 11.8 Å². The maximum Gasteiger partial charge on any atom is 0.328 e. The van der Waals surface area contributed by atoms with Gasteiger partial charge in [-0.05, 0) is 37.6 Å². The van der Waals surface area contributed by atoms with E-state index in [4.69, 9.17) is 5.11 Å². The lowest BCUT2D eigenvalue weighted by molar-refractivity contribution is -0.131. The Hall–Kier alpha value is -2.50. The van der Waals surface area contributed by atoms with Gasteiger partial charge in [-0.2, -0.15) is 5.10 Å². The Morgan fingerprint density at radius 1 is 1.42 bits per heavy atom. The molecule has 1 heterocycles. The summed E-state index contributed by atoms with van der Waals surface area (Å²) in [6, 6.07) is 4.41. The van der Waals surface area contributed by atoms with Gasteiger partial charge in [-0.15, -0.1) is 0 Å². The molecule has 1 aromatic carbocycles. The fourth-order valence-electron chi connectivity index (χ4n) is 1.72. The molecule has 0 unspecified atom stereocenters. The highest BCUT2D eigenvalue weighted by Crippen LogP contribution is 2.17. The van der Waals surface area contributed by atoms with Crippen molar-refractivity contribution < 1.29 is 14.3 Å². The van der Waals surface area contributed by atoms with E-state index in [1.165, 1.54) is 22.9 Å². The minimum Gasteiger partial charge on any atom is -0.478 e. The van der Waals surface area contributed by atoms with Crippen LogP contribution in [0.1, 0.15) is 17.2 Å². The van der Waals surface area contributed by atoms with Crippen LogP contribution in [0, 0.1) is 19.7 Å². The second-order valence-electron chi connectivity index (χ2n) is 4.00. The van der Waals surface area contributed by atoms with Gasteiger partial charge in [0.2, 0.25) is 0 Å². The van der Waals surface area contributed by atoms with Crippen LogP contribution in [0.5, 0.6) is 0 Å². The predicted octanol–water partition coefficient (Wildman–Crippen LogP) is 2.12. The van der Waals surface area contributed by atoms with Crippen LogP contribution in [-0.4, -0.2) is 25.8 Å². The van der Waals surface area contributed by atoms with Crippen molar-refractivity contribution in [3.8, 4) is 5.69 Å². The summed E-state index contributed by atoms with van der Waals surface area (Å²) in [5.74, 6) is -0.412. The summed E-state index contributed by atoms with van der Waals surface area (Å²) in [7, 11) is 0. The summed E-state index contributed by atoms with van der Waals surface area (Å²) in [5.41, 5.74) is 0.753. The molecule has 0 bridgehead atoms. The van der Waals surface area contributed by atoms with E-state index in [1.54, 1.807) is 19.9 Å². The zero-order chi connectivity index (χ0) is 14.0. The Morgan fingerprint density at radius 2 is 2.16 bits per heavy atom. The third-order valence-corrected chi connectivity index (χ3v) is 2.49. The zero-order valence-electron chi connectivity index (χ0n) is 10.5. The van der Waals surface area contributed by atoms with Crippen LogP contribution in [0.4, 0.5) is 4.39 Å². The number of rotatable bonds is 3. The number of hydrogen-bond acceptors (Lipinski definition) is 3. The molecule has 0 fully saturated rings. The largest absolute Gasteiger partial charge is 0.478 e. The molecule has 98 valence electrons. The highest BCUT2D eigenvalue weighted by molar-refractivity contribution is 5.85. The summed E-state index contributed by atoms with van der Waals surface area (Å²) >= 11 is 0. The fraction of sp³-hybridized carbons (Fsp3) is 0.154. The Labute approximate surface area is 109 Å². The Kier molecular flexibility index (Phi) is 3.41. The minimum atomic E-state index is -1.08. The van der Waals surface area contributed by atoms with Gasteiger partial charge in [-0.3, -0.25) is 0 Å². The first-order valence-corrected chi connectivity index (χ1v) is 5.58. The molecule has 0 saturated carbocycles. The molecule has 5 nitrogen and oxygen atoms in total. The molecular weight excluding hydrogens is 249 g/mol. The van der Waals surface area contributed by atoms with E-state index in [9.17, 15) is 9.18 Å². The van der Waals surface area contributed by atoms with Crippen LogP contribution < -0.4 is 0 Å². The molecule has 6 heteroatoms. The summed E-state index contributed by atoms with van der Waals surface area (Å²) in [6.07, 6.45) is 2.29. The molecule has 1 aromatic heterocycles. The highest BCUT2D eigenvalue weighted by Gasteiger charge is 2.10. The summed E-state index contributed by atoms with van der Waals surface area (Å²) in [6.45, 7) is 3.46. The standard InChI is InChI=1S/C13H12FN3O2/c1-8-15-9(2)17(16-8)12-5-3-10(7-11(12)14)4-6-13(18)19/h3-7H,1-2H3,(H,18,19)/b6-4+. The molecule has 19 heavy (non-hydrogen) atoms. The van der Waals surface area contributed by atoms with Gasteiger partial charge in [0.25, 0.3) is 0 Å². The number of carboxylic acid groups (broad SMARTS) is 1. The second kappa shape index (κ2) is 5.01. The number of aliphatic carboxylic acids is 1. The van der Waals surface area contributed by atoms with Gasteiger partial charge >= 0.3 is 5.97 Å². The number of aryl methyl sites for hydroxylation is 2. The number of halogens is 1. The molecule has 0 aliphatic carbocycles. The molecular formula is C13H12FN3O2. The molecule has 0 radical (unpaired) electrons. The van der Waals surface area contributed by atoms with Crippen molar-refractivity contribution in [2.75, 3.05) is 0 Å². The van der Waals surface area contributed by atoms with Gasteiger partial charge < -0.3 is 5.11 Å². The maximum atomic E-state index is 14.0. The maximum absolute atomic E-state index is 14.0. The summed E-state index contributed by atoms with van der Waals surface area (Å²) < 4.78 is 15.4. The predicted molar refractivity (Wildman–Crippen MR) is 67.5 cm³/mol.